The molecule has 12 heteroatoms. The van der Waals surface area contributed by atoms with E-state index in [0.717, 1.165) is 6.07 Å². The van der Waals surface area contributed by atoms with Crippen LogP contribution in [-0.2, 0) is 19.6 Å². The molecule has 0 spiro atoms. The molecule has 9 nitrogen and oxygen atoms in total. The van der Waals surface area contributed by atoms with Crippen LogP contribution in [0.15, 0.2) is 57.9 Å². The molecule has 0 aliphatic heterocycles. The maximum atomic E-state index is 13.3. The van der Waals surface area contributed by atoms with Crippen molar-refractivity contribution in [3.05, 3.63) is 71.5 Å². The minimum atomic E-state index is -4.24. The van der Waals surface area contributed by atoms with Crippen LogP contribution in [0.3, 0.4) is 0 Å². The van der Waals surface area contributed by atoms with Crippen molar-refractivity contribution in [1.82, 2.24) is 5.16 Å². The standard InChI is InChI=1S/C19H15F2N3O6S/c1-11-7-17(23-30-11)22-18(25)10-29-19(26)12-3-2-4-13(8-12)24-31(27,28)14-5-6-15(20)16(21)9-14/h2-9,24H,10H2,1H3,(H,22,23,25). The number of hydrogen-bond acceptors (Lipinski definition) is 7. The molecule has 0 atom stereocenters. The molecule has 31 heavy (non-hydrogen) atoms. The molecule has 1 aromatic heterocycles. The van der Waals surface area contributed by atoms with Gasteiger partial charge in [0.25, 0.3) is 15.9 Å². The zero-order valence-corrected chi connectivity index (χ0v) is 16.7. The maximum Gasteiger partial charge on any atom is 0.338 e. The first kappa shape index (κ1) is 21.9. The van der Waals surface area contributed by atoms with Crippen molar-refractivity contribution in [2.75, 3.05) is 16.6 Å². The van der Waals surface area contributed by atoms with Gasteiger partial charge in [-0.25, -0.2) is 22.0 Å². The number of sulfonamides is 1. The second kappa shape index (κ2) is 8.92. The van der Waals surface area contributed by atoms with Gasteiger partial charge >= 0.3 is 5.97 Å². The molecule has 0 fully saturated rings. The van der Waals surface area contributed by atoms with E-state index in [1.165, 1.54) is 30.3 Å². The number of benzene rings is 2. The molecular formula is C19H15F2N3O6S. The highest BCUT2D eigenvalue weighted by atomic mass is 32.2. The van der Waals surface area contributed by atoms with Crippen LogP contribution in [0.5, 0.6) is 0 Å². The zero-order chi connectivity index (χ0) is 22.6. The van der Waals surface area contributed by atoms with Gasteiger partial charge in [-0.15, -0.1) is 0 Å². The number of amides is 1. The Morgan fingerprint density at radius 3 is 2.55 bits per heavy atom. The third-order valence-electron chi connectivity index (χ3n) is 3.78. The SMILES string of the molecule is Cc1cc(NC(=O)COC(=O)c2cccc(NS(=O)(=O)c3ccc(F)c(F)c3)c2)no1. The molecule has 1 amide bonds. The lowest BCUT2D eigenvalue weighted by molar-refractivity contribution is -0.119. The van der Waals surface area contributed by atoms with E-state index in [1.54, 1.807) is 6.92 Å². The summed E-state index contributed by atoms with van der Waals surface area (Å²) in [5, 5.41) is 5.93. The molecule has 0 bridgehead atoms. The first-order valence-corrected chi connectivity index (χ1v) is 10.1. The van der Waals surface area contributed by atoms with Crippen LogP contribution in [0, 0.1) is 18.6 Å². The average molecular weight is 451 g/mol. The molecule has 1 heterocycles. The lowest BCUT2D eigenvalue weighted by Gasteiger charge is -2.10. The van der Waals surface area contributed by atoms with E-state index in [0.29, 0.717) is 17.9 Å². The Hall–Kier alpha value is -3.80. The summed E-state index contributed by atoms with van der Waals surface area (Å²) < 4.78 is 62.9. The molecule has 3 aromatic rings. The number of carbonyl (C=O) groups is 2. The van der Waals surface area contributed by atoms with Gasteiger partial charge in [0.2, 0.25) is 0 Å². The fraction of sp³-hybridized carbons (Fsp3) is 0.105. The molecule has 0 aliphatic rings. The Bertz CT molecular complexity index is 1240. The van der Waals surface area contributed by atoms with Gasteiger partial charge in [0.15, 0.2) is 24.1 Å². The number of halogens is 2. The molecular weight excluding hydrogens is 436 g/mol. The fourth-order valence-electron chi connectivity index (χ4n) is 2.39. The van der Waals surface area contributed by atoms with Gasteiger partial charge in [-0.1, -0.05) is 11.2 Å². The van der Waals surface area contributed by atoms with Crippen molar-refractivity contribution in [3.63, 3.8) is 0 Å². The lowest BCUT2D eigenvalue weighted by atomic mass is 10.2. The Morgan fingerprint density at radius 2 is 1.87 bits per heavy atom. The summed E-state index contributed by atoms with van der Waals surface area (Å²) in [4.78, 5) is 23.5. The third kappa shape index (κ3) is 5.63. The zero-order valence-electron chi connectivity index (χ0n) is 15.9. The predicted molar refractivity (Wildman–Crippen MR) is 104 cm³/mol. The van der Waals surface area contributed by atoms with Crippen molar-refractivity contribution in [2.45, 2.75) is 11.8 Å². The summed E-state index contributed by atoms with van der Waals surface area (Å²) in [5.41, 5.74) is -0.0720. The van der Waals surface area contributed by atoms with E-state index in [-0.39, 0.29) is 17.1 Å². The van der Waals surface area contributed by atoms with Gasteiger partial charge in [-0.05, 0) is 43.3 Å². The minimum absolute atomic E-state index is 0.0262. The fourth-order valence-corrected chi connectivity index (χ4v) is 3.45. The number of anilines is 2. The van der Waals surface area contributed by atoms with Crippen LogP contribution in [0.4, 0.5) is 20.3 Å². The highest BCUT2D eigenvalue weighted by Crippen LogP contribution is 2.19. The smallest absolute Gasteiger partial charge is 0.338 e. The van der Waals surface area contributed by atoms with Crippen molar-refractivity contribution in [2.24, 2.45) is 0 Å². The first-order chi connectivity index (χ1) is 14.6. The number of nitrogens with zero attached hydrogens (tertiary/aromatic N) is 1. The highest BCUT2D eigenvalue weighted by Gasteiger charge is 2.18. The summed E-state index contributed by atoms with van der Waals surface area (Å²) >= 11 is 0. The molecule has 3 rings (SSSR count). The number of aromatic nitrogens is 1. The minimum Gasteiger partial charge on any atom is -0.452 e. The lowest BCUT2D eigenvalue weighted by Crippen LogP contribution is -2.21. The van der Waals surface area contributed by atoms with Gasteiger partial charge in [-0.3, -0.25) is 9.52 Å². The van der Waals surface area contributed by atoms with E-state index in [2.05, 4.69) is 15.2 Å². The van der Waals surface area contributed by atoms with E-state index >= 15 is 0 Å². The topological polar surface area (TPSA) is 128 Å². The van der Waals surface area contributed by atoms with Crippen LogP contribution < -0.4 is 10.0 Å². The molecule has 0 unspecified atom stereocenters. The van der Waals surface area contributed by atoms with Gasteiger partial charge in [-0.2, -0.15) is 0 Å². The van der Waals surface area contributed by atoms with Gasteiger partial charge < -0.3 is 14.6 Å². The van der Waals surface area contributed by atoms with Crippen LogP contribution in [0.2, 0.25) is 0 Å². The van der Waals surface area contributed by atoms with Gasteiger partial charge in [0.05, 0.1) is 10.5 Å². The summed E-state index contributed by atoms with van der Waals surface area (Å²) in [7, 11) is -4.24. The number of rotatable bonds is 7. The Balaban J connectivity index is 1.64. The van der Waals surface area contributed by atoms with Crippen molar-refractivity contribution in [3.8, 4) is 0 Å². The summed E-state index contributed by atoms with van der Waals surface area (Å²) in [6, 6.07) is 8.81. The van der Waals surface area contributed by atoms with Crippen molar-refractivity contribution >= 4 is 33.4 Å². The second-order valence-corrected chi connectivity index (χ2v) is 7.89. The van der Waals surface area contributed by atoms with Crippen molar-refractivity contribution < 1.29 is 36.0 Å². The summed E-state index contributed by atoms with van der Waals surface area (Å²) in [6.45, 7) is 1.02. The highest BCUT2D eigenvalue weighted by molar-refractivity contribution is 7.92. The van der Waals surface area contributed by atoms with Crippen molar-refractivity contribution in [1.29, 1.82) is 0 Å². The Labute approximate surface area is 175 Å². The number of ether oxygens (including phenoxy) is 1. The third-order valence-corrected chi connectivity index (χ3v) is 5.16. The maximum absolute atomic E-state index is 13.3. The molecule has 0 saturated carbocycles. The summed E-state index contributed by atoms with van der Waals surface area (Å²) in [6.07, 6.45) is 0. The molecule has 2 aromatic carbocycles. The Morgan fingerprint density at radius 1 is 1.10 bits per heavy atom. The van der Waals surface area contributed by atoms with Crippen LogP contribution in [0.1, 0.15) is 16.1 Å². The monoisotopic (exact) mass is 451 g/mol. The summed E-state index contributed by atoms with van der Waals surface area (Å²) in [5.74, 6) is -3.41. The van der Waals surface area contributed by atoms with Crippen LogP contribution in [0.25, 0.3) is 0 Å². The second-order valence-electron chi connectivity index (χ2n) is 6.21. The predicted octanol–water partition coefficient (Wildman–Crippen LogP) is 2.86. The van der Waals surface area contributed by atoms with Crippen LogP contribution in [-0.4, -0.2) is 32.1 Å². The average Bonchev–Trinajstić information content (AvgIpc) is 3.12. The molecule has 0 aliphatic carbocycles. The first-order valence-electron chi connectivity index (χ1n) is 8.62. The van der Waals surface area contributed by atoms with E-state index < -0.39 is 45.0 Å². The van der Waals surface area contributed by atoms with Crippen LogP contribution >= 0.6 is 0 Å². The normalized spacial score (nSPS) is 11.1. The quantitative estimate of drug-likeness (QED) is 0.529. The molecule has 0 saturated heterocycles. The number of aryl methyl sites for hydroxylation is 1. The number of carbonyl (C=O) groups excluding carboxylic acids is 2. The molecule has 2 N–H and O–H groups in total. The number of nitrogens with one attached hydrogen (secondary N) is 2. The number of esters is 1. The van der Waals surface area contributed by atoms with Gasteiger partial charge in [0, 0.05) is 11.8 Å². The Kier molecular flexibility index (Phi) is 6.30. The van der Waals surface area contributed by atoms with E-state index in [4.69, 9.17) is 9.26 Å². The molecule has 0 radical (unpaired) electrons. The van der Waals surface area contributed by atoms with Gasteiger partial charge in [0.1, 0.15) is 5.76 Å². The molecule has 162 valence electrons. The van der Waals surface area contributed by atoms with E-state index in [1.807, 2.05) is 0 Å². The van der Waals surface area contributed by atoms with E-state index in [9.17, 15) is 26.8 Å². The largest absolute Gasteiger partial charge is 0.452 e. The number of hydrogen-bond donors (Lipinski definition) is 2.